The average molecular weight is 393 g/mol. The Morgan fingerprint density at radius 2 is 2.22 bits per heavy atom. The van der Waals surface area contributed by atoms with Crippen molar-refractivity contribution in [2.45, 2.75) is 38.3 Å². The van der Waals surface area contributed by atoms with Crippen LogP contribution in [0.3, 0.4) is 0 Å². The number of hydrogen-bond acceptors (Lipinski definition) is 5. The number of rotatable bonds is 6. The van der Waals surface area contributed by atoms with Gasteiger partial charge in [0, 0.05) is 11.3 Å². The topological polar surface area (TPSA) is 115 Å². The highest BCUT2D eigenvalue weighted by Gasteiger charge is 2.38. The largest absolute Gasteiger partial charge is 0.463 e. The first-order valence-corrected chi connectivity index (χ1v) is 10.0. The number of nitrogens with one attached hydrogen (secondary N) is 3. The smallest absolute Gasteiger partial charge is 0.338 e. The molecule has 3 rings (SSSR count). The predicted octanol–water partition coefficient (Wildman–Crippen LogP) is -0.158. The lowest BCUT2D eigenvalue weighted by molar-refractivity contribution is -0.916. The molecule has 0 radical (unpaired) electrons. The molecule has 8 nitrogen and oxygen atoms in total. The van der Waals surface area contributed by atoms with Gasteiger partial charge in [0.1, 0.15) is 6.54 Å². The van der Waals surface area contributed by atoms with Crippen LogP contribution in [0.1, 0.15) is 37.1 Å². The number of quaternary nitrogens is 1. The van der Waals surface area contributed by atoms with E-state index < -0.39 is 12.0 Å². The number of hydrogen-bond donors (Lipinski definition) is 4. The van der Waals surface area contributed by atoms with Crippen molar-refractivity contribution in [2.75, 3.05) is 19.7 Å². The Bertz CT molecular complexity index is 747. The molecule has 2 aliphatic heterocycles. The first kappa shape index (κ1) is 19.4. The molecule has 1 aromatic rings. The first-order chi connectivity index (χ1) is 13.0. The lowest BCUT2D eigenvalue weighted by atomic mass is 9.98. The minimum absolute atomic E-state index is 0.237. The number of piperidine rings is 1. The second-order valence-corrected chi connectivity index (χ2v) is 7.67. The van der Waals surface area contributed by atoms with Crippen LogP contribution in [-0.4, -0.2) is 43.6 Å². The molecule has 3 atom stereocenters. The average Bonchev–Trinajstić information content (AvgIpc) is 3.16. The molecule has 0 aromatic carbocycles. The Morgan fingerprint density at radius 3 is 2.89 bits per heavy atom. The summed E-state index contributed by atoms with van der Waals surface area (Å²) in [6, 6.07) is 2.49. The molecule has 1 fully saturated rings. The summed E-state index contributed by atoms with van der Waals surface area (Å²) in [5.74, 6) is -0.816. The lowest BCUT2D eigenvalue weighted by Gasteiger charge is -2.34. The molecule has 0 saturated carbocycles. The van der Waals surface area contributed by atoms with Gasteiger partial charge in [-0.2, -0.15) is 0 Å². The molecule has 27 heavy (non-hydrogen) atoms. The summed E-state index contributed by atoms with van der Waals surface area (Å²) in [5.41, 5.74) is 6.46. The van der Waals surface area contributed by atoms with E-state index in [9.17, 15) is 14.4 Å². The van der Waals surface area contributed by atoms with Crippen molar-refractivity contribution in [1.82, 2.24) is 10.6 Å². The van der Waals surface area contributed by atoms with Crippen LogP contribution < -0.4 is 21.3 Å². The zero-order valence-electron chi connectivity index (χ0n) is 15.2. The van der Waals surface area contributed by atoms with Gasteiger partial charge >= 0.3 is 12.0 Å². The van der Waals surface area contributed by atoms with E-state index in [0.29, 0.717) is 24.2 Å². The van der Waals surface area contributed by atoms with Gasteiger partial charge in [-0.15, -0.1) is 11.3 Å². The molecule has 1 saturated heterocycles. The molecule has 0 spiro atoms. The van der Waals surface area contributed by atoms with Gasteiger partial charge in [-0.1, -0.05) is 6.07 Å². The summed E-state index contributed by atoms with van der Waals surface area (Å²) in [6.45, 7) is 3.09. The van der Waals surface area contributed by atoms with Crippen LogP contribution in [0.15, 0.2) is 28.8 Å². The van der Waals surface area contributed by atoms with Gasteiger partial charge in [-0.05, 0) is 31.2 Å². The van der Waals surface area contributed by atoms with Crippen molar-refractivity contribution >= 4 is 29.2 Å². The number of nitrogens with two attached hydrogens (primary N) is 1. The highest BCUT2D eigenvalue weighted by molar-refractivity contribution is 7.10. The maximum atomic E-state index is 12.7. The number of likely N-dealkylation sites (tertiary alicyclic amines) is 1. The normalized spacial score (nSPS) is 25.5. The van der Waals surface area contributed by atoms with Crippen molar-refractivity contribution in [1.29, 1.82) is 0 Å². The maximum Gasteiger partial charge on any atom is 0.338 e. The fourth-order valence-corrected chi connectivity index (χ4v) is 4.52. The zero-order chi connectivity index (χ0) is 19.4. The van der Waals surface area contributed by atoms with E-state index in [4.69, 9.17) is 10.5 Å². The fraction of sp³-hybridized carbons (Fsp3) is 0.500. The monoisotopic (exact) mass is 393 g/mol. The van der Waals surface area contributed by atoms with Gasteiger partial charge < -0.3 is 26.0 Å². The number of thiophene rings is 1. The van der Waals surface area contributed by atoms with Crippen molar-refractivity contribution in [2.24, 2.45) is 5.73 Å². The van der Waals surface area contributed by atoms with Crippen molar-refractivity contribution < 1.29 is 24.0 Å². The second-order valence-electron chi connectivity index (χ2n) is 6.70. The van der Waals surface area contributed by atoms with Gasteiger partial charge in [0.2, 0.25) is 0 Å². The van der Waals surface area contributed by atoms with Crippen LogP contribution >= 0.6 is 11.3 Å². The van der Waals surface area contributed by atoms with E-state index >= 15 is 0 Å². The quantitative estimate of drug-likeness (QED) is 0.503. The summed E-state index contributed by atoms with van der Waals surface area (Å²) >= 11 is 1.46. The predicted molar refractivity (Wildman–Crippen MR) is 99.9 cm³/mol. The van der Waals surface area contributed by atoms with Gasteiger partial charge in [0.05, 0.1) is 30.5 Å². The van der Waals surface area contributed by atoms with E-state index in [-0.39, 0.29) is 24.6 Å². The van der Waals surface area contributed by atoms with Crippen molar-refractivity contribution in [3.05, 3.63) is 33.7 Å². The molecule has 146 valence electrons. The maximum absolute atomic E-state index is 12.7. The Balaban J connectivity index is 1.97. The third-order valence-electron chi connectivity index (χ3n) is 4.96. The van der Waals surface area contributed by atoms with E-state index in [1.165, 1.54) is 11.3 Å². The molecular weight excluding hydrogens is 368 g/mol. The standard InChI is InChI=1S/C18H24N4O4S/c1-2-26-17(24)14-11(10-22-8-4-3-6-12(22)16(19)23)20-18(25)21-15(14)13-7-5-9-27-13/h5,7,9,12,15H,2-4,6,8,10H2,1H3,(H2,19,23)(H2,20,21,25)/p+1/t12-,15+/m0/s1. The Labute approximate surface area is 161 Å². The Morgan fingerprint density at radius 1 is 1.41 bits per heavy atom. The number of ether oxygens (including phenoxy) is 1. The minimum atomic E-state index is -0.566. The number of esters is 1. The van der Waals surface area contributed by atoms with Crippen LogP contribution in [0.2, 0.25) is 0 Å². The molecule has 2 aliphatic rings. The van der Waals surface area contributed by atoms with E-state index in [1.807, 2.05) is 17.5 Å². The fourth-order valence-electron chi connectivity index (χ4n) is 3.74. The Hall–Kier alpha value is -2.39. The molecule has 0 bridgehead atoms. The molecular formula is C18H25N4O4S+. The number of amides is 3. The molecule has 3 heterocycles. The van der Waals surface area contributed by atoms with Gasteiger partial charge in [-0.25, -0.2) is 9.59 Å². The molecule has 3 amide bonds. The molecule has 1 aromatic heterocycles. The van der Waals surface area contributed by atoms with Crippen molar-refractivity contribution in [3.63, 3.8) is 0 Å². The minimum Gasteiger partial charge on any atom is -0.463 e. The van der Waals surface area contributed by atoms with Crippen LogP contribution in [0.5, 0.6) is 0 Å². The summed E-state index contributed by atoms with van der Waals surface area (Å²) in [4.78, 5) is 38.6. The van der Waals surface area contributed by atoms with Crippen LogP contribution in [0.25, 0.3) is 0 Å². The first-order valence-electron chi connectivity index (χ1n) is 9.16. The third kappa shape index (κ3) is 4.30. The Kier molecular flexibility index (Phi) is 6.12. The summed E-state index contributed by atoms with van der Waals surface area (Å²) in [6.07, 6.45) is 2.64. The highest BCUT2D eigenvalue weighted by atomic mass is 32.1. The molecule has 0 aliphatic carbocycles. The third-order valence-corrected chi connectivity index (χ3v) is 5.89. The summed E-state index contributed by atoms with van der Waals surface area (Å²) < 4.78 is 5.25. The zero-order valence-corrected chi connectivity index (χ0v) is 16.1. The van der Waals surface area contributed by atoms with Crippen LogP contribution in [0, 0.1) is 0 Å². The van der Waals surface area contributed by atoms with Crippen LogP contribution in [-0.2, 0) is 14.3 Å². The van der Waals surface area contributed by atoms with Gasteiger partial charge in [0.25, 0.3) is 5.91 Å². The number of carbonyl (C=O) groups excluding carboxylic acids is 3. The van der Waals surface area contributed by atoms with Crippen LogP contribution in [0.4, 0.5) is 4.79 Å². The SMILES string of the molecule is CCOC(=O)C1=C(C[NH+]2CCCC[C@H]2C(N)=O)NC(=O)N[C@@H]1c1cccs1. The number of urea groups is 1. The summed E-state index contributed by atoms with van der Waals surface area (Å²) in [5, 5.41) is 7.47. The van der Waals surface area contributed by atoms with Gasteiger partial charge in [0.15, 0.2) is 6.04 Å². The molecule has 1 unspecified atom stereocenters. The molecule has 9 heteroatoms. The number of carbonyl (C=O) groups is 3. The summed E-state index contributed by atoms with van der Waals surface area (Å²) in [7, 11) is 0. The van der Waals surface area contributed by atoms with E-state index in [2.05, 4.69) is 10.6 Å². The lowest BCUT2D eigenvalue weighted by Crippen LogP contribution is -3.18. The number of primary amides is 1. The van der Waals surface area contributed by atoms with Gasteiger partial charge in [-0.3, -0.25) is 4.79 Å². The van der Waals surface area contributed by atoms with E-state index in [0.717, 1.165) is 29.2 Å². The molecule has 5 N–H and O–H groups in total. The highest BCUT2D eigenvalue weighted by Crippen LogP contribution is 2.30. The van der Waals surface area contributed by atoms with Crippen molar-refractivity contribution in [3.8, 4) is 0 Å². The second kappa shape index (κ2) is 8.53. The van der Waals surface area contributed by atoms with E-state index in [1.54, 1.807) is 6.92 Å².